The van der Waals surface area contributed by atoms with E-state index in [1.54, 1.807) is 41.5 Å². The summed E-state index contributed by atoms with van der Waals surface area (Å²) in [6.07, 6.45) is 3.23. The molecule has 0 aliphatic carbocycles. The summed E-state index contributed by atoms with van der Waals surface area (Å²) in [7, 11) is 1.48. The highest BCUT2D eigenvalue weighted by Gasteiger charge is 2.35. The van der Waals surface area contributed by atoms with E-state index >= 15 is 0 Å². The minimum atomic E-state index is -0.643. The Balaban J connectivity index is 5.23. The number of amides is 2. The third kappa shape index (κ3) is 7.05. The summed E-state index contributed by atoms with van der Waals surface area (Å²) in [5.74, 6) is -0.939. The van der Waals surface area contributed by atoms with Gasteiger partial charge >= 0.3 is 5.97 Å². The Hall–Kier alpha value is -0.690. The summed E-state index contributed by atoms with van der Waals surface area (Å²) in [5, 5.41) is 0. The van der Waals surface area contributed by atoms with Crippen molar-refractivity contribution in [1.82, 2.24) is 4.90 Å². The number of carbonyl (C=O) groups is 3. The normalized spacial score (nSPS) is 13.6. The van der Waals surface area contributed by atoms with Crippen LogP contribution in [0.3, 0.4) is 0 Å². The molecule has 0 saturated heterocycles. The molecule has 0 aromatic carbocycles. The van der Waals surface area contributed by atoms with Gasteiger partial charge in [-0.25, -0.2) is 0 Å². The van der Waals surface area contributed by atoms with E-state index in [-0.39, 0.29) is 28.8 Å². The van der Waals surface area contributed by atoms with Crippen LogP contribution >= 0.6 is 23.5 Å². The minimum absolute atomic E-state index is 0.00745. The van der Waals surface area contributed by atoms with Gasteiger partial charge in [-0.3, -0.25) is 19.3 Å². The first-order valence-electron chi connectivity index (χ1n) is 7.83. The summed E-state index contributed by atoms with van der Waals surface area (Å²) in [5.41, 5.74) is -1.28. The fraction of sp³-hybridized carbons (Fsp3) is 0.824. The van der Waals surface area contributed by atoms with Gasteiger partial charge in [0.25, 0.3) is 0 Å². The number of esters is 1. The van der Waals surface area contributed by atoms with Crippen LogP contribution in [-0.4, -0.2) is 52.9 Å². The van der Waals surface area contributed by atoms with E-state index in [1.165, 1.54) is 30.6 Å². The van der Waals surface area contributed by atoms with Crippen LogP contribution < -0.4 is 0 Å². The number of hydrogen-bond acceptors (Lipinski definition) is 6. The van der Waals surface area contributed by atoms with E-state index in [2.05, 4.69) is 0 Å². The molecule has 0 rings (SSSR count). The monoisotopic (exact) mass is 377 g/mol. The lowest BCUT2D eigenvalue weighted by Gasteiger charge is -2.30. The summed E-state index contributed by atoms with van der Waals surface area (Å²) in [6, 6.07) is 0. The second-order valence-electron chi connectivity index (χ2n) is 7.75. The van der Waals surface area contributed by atoms with Gasteiger partial charge in [0.15, 0.2) is 0 Å². The van der Waals surface area contributed by atoms with Crippen molar-refractivity contribution in [3.63, 3.8) is 0 Å². The molecule has 1 unspecified atom stereocenters. The predicted octanol–water partition coefficient (Wildman–Crippen LogP) is 3.42. The number of carbonyl (C=O) groups excluding carboxylic acids is 3. The smallest absolute Gasteiger partial charge is 0.311 e. The molecule has 2 amide bonds. The molecule has 140 valence electrons. The predicted molar refractivity (Wildman–Crippen MR) is 102 cm³/mol. The van der Waals surface area contributed by atoms with Gasteiger partial charge in [-0.1, -0.05) is 20.8 Å². The Morgan fingerprint density at radius 2 is 1.42 bits per heavy atom. The maximum absolute atomic E-state index is 12.5. The lowest BCUT2D eigenvalue weighted by Crippen LogP contribution is -2.43. The van der Waals surface area contributed by atoms with Gasteiger partial charge in [-0.2, -0.15) is 0 Å². The number of rotatable bonds is 6. The molecule has 7 heteroatoms. The molecule has 0 aliphatic rings. The third-order valence-corrected chi connectivity index (χ3v) is 6.03. The first-order chi connectivity index (χ1) is 10.8. The van der Waals surface area contributed by atoms with E-state index in [4.69, 9.17) is 4.74 Å². The van der Waals surface area contributed by atoms with E-state index in [0.717, 1.165) is 4.90 Å². The number of hydrogen-bond donors (Lipinski definition) is 0. The van der Waals surface area contributed by atoms with Crippen molar-refractivity contribution in [3.8, 4) is 0 Å². The van der Waals surface area contributed by atoms with Gasteiger partial charge in [0.05, 0.1) is 16.4 Å². The van der Waals surface area contributed by atoms with E-state index in [0.29, 0.717) is 0 Å². The molecule has 0 N–H and O–H groups in total. The van der Waals surface area contributed by atoms with Gasteiger partial charge < -0.3 is 4.74 Å². The standard InChI is InChI=1S/C17H31NO4S2/c1-16(2,3)14(20)18(7)12(19)10-11(13(23-8)24-9)22-15(21)17(4,5)6/h11,13H,10H2,1-9H3. The molecule has 0 aliphatic heterocycles. The molecule has 1 atom stereocenters. The van der Waals surface area contributed by atoms with Crippen molar-refractivity contribution in [2.45, 2.75) is 58.6 Å². The zero-order chi connectivity index (χ0) is 19.3. The summed E-state index contributed by atoms with van der Waals surface area (Å²) in [4.78, 5) is 38.1. The van der Waals surface area contributed by atoms with Gasteiger partial charge in [-0.05, 0) is 33.3 Å². The van der Waals surface area contributed by atoms with Crippen LogP contribution in [0.4, 0.5) is 0 Å². The zero-order valence-electron chi connectivity index (χ0n) is 16.3. The van der Waals surface area contributed by atoms with Crippen LogP contribution in [-0.2, 0) is 19.1 Å². The summed E-state index contributed by atoms with van der Waals surface area (Å²) >= 11 is 3.06. The number of thioether (sulfide) groups is 2. The van der Waals surface area contributed by atoms with E-state index < -0.39 is 16.9 Å². The number of imide groups is 1. The van der Waals surface area contributed by atoms with Crippen LogP contribution in [0.25, 0.3) is 0 Å². The highest BCUT2D eigenvalue weighted by molar-refractivity contribution is 8.16. The Labute approximate surface area is 154 Å². The molecule has 0 fully saturated rings. The summed E-state index contributed by atoms with van der Waals surface area (Å²) < 4.78 is 5.53. The fourth-order valence-electron chi connectivity index (χ4n) is 1.83. The van der Waals surface area contributed by atoms with Gasteiger partial charge in [0.1, 0.15) is 6.10 Å². The van der Waals surface area contributed by atoms with Gasteiger partial charge in [0, 0.05) is 12.5 Å². The van der Waals surface area contributed by atoms with Crippen LogP contribution in [0.5, 0.6) is 0 Å². The maximum Gasteiger partial charge on any atom is 0.311 e. The zero-order valence-corrected chi connectivity index (χ0v) is 17.9. The molecule has 0 bridgehead atoms. The quantitative estimate of drug-likeness (QED) is 0.522. The average Bonchev–Trinajstić information content (AvgIpc) is 2.44. The minimum Gasteiger partial charge on any atom is -0.459 e. The Morgan fingerprint density at radius 3 is 1.75 bits per heavy atom. The summed E-state index contributed by atoms with van der Waals surface area (Å²) in [6.45, 7) is 10.6. The van der Waals surface area contributed by atoms with Crippen LogP contribution in [0.15, 0.2) is 0 Å². The average molecular weight is 378 g/mol. The molecular weight excluding hydrogens is 346 g/mol. The molecule has 0 saturated carbocycles. The van der Waals surface area contributed by atoms with Crippen molar-refractivity contribution in [2.75, 3.05) is 19.6 Å². The maximum atomic E-state index is 12.5. The van der Waals surface area contributed by atoms with Crippen molar-refractivity contribution in [3.05, 3.63) is 0 Å². The molecule has 0 aromatic heterocycles. The molecule has 24 heavy (non-hydrogen) atoms. The lowest BCUT2D eigenvalue weighted by molar-refractivity contribution is -0.160. The fourth-order valence-corrected chi connectivity index (χ4v) is 3.51. The van der Waals surface area contributed by atoms with Crippen LogP contribution in [0.2, 0.25) is 0 Å². The highest BCUT2D eigenvalue weighted by Crippen LogP contribution is 2.29. The largest absolute Gasteiger partial charge is 0.459 e. The first kappa shape index (κ1) is 23.3. The molecule has 5 nitrogen and oxygen atoms in total. The SMILES string of the molecule is CSC(SC)C(CC(=O)N(C)C(=O)C(C)(C)C)OC(=O)C(C)(C)C. The highest BCUT2D eigenvalue weighted by atomic mass is 32.2. The van der Waals surface area contributed by atoms with E-state index in [1.807, 2.05) is 12.5 Å². The number of ether oxygens (including phenoxy) is 1. The molecule has 0 heterocycles. The Morgan fingerprint density at radius 1 is 0.958 bits per heavy atom. The van der Waals surface area contributed by atoms with Crippen molar-refractivity contribution >= 4 is 41.3 Å². The van der Waals surface area contributed by atoms with Gasteiger partial charge in [-0.15, -0.1) is 23.5 Å². The van der Waals surface area contributed by atoms with Crippen molar-refractivity contribution in [1.29, 1.82) is 0 Å². The Kier molecular flexibility index (Phi) is 8.87. The van der Waals surface area contributed by atoms with Gasteiger partial charge in [0.2, 0.25) is 11.8 Å². The third-order valence-electron chi connectivity index (χ3n) is 3.34. The molecule has 0 aromatic rings. The van der Waals surface area contributed by atoms with Crippen LogP contribution in [0.1, 0.15) is 48.0 Å². The Bertz CT molecular complexity index is 462. The second kappa shape index (κ2) is 9.13. The lowest BCUT2D eigenvalue weighted by atomic mass is 9.94. The second-order valence-corrected chi connectivity index (χ2v) is 10.0. The van der Waals surface area contributed by atoms with E-state index in [9.17, 15) is 14.4 Å². The first-order valence-corrected chi connectivity index (χ1v) is 10.4. The molecule has 0 radical (unpaired) electrons. The van der Waals surface area contributed by atoms with Crippen molar-refractivity contribution < 1.29 is 19.1 Å². The van der Waals surface area contributed by atoms with Crippen molar-refractivity contribution in [2.24, 2.45) is 10.8 Å². The number of nitrogens with zero attached hydrogens (tertiary/aromatic N) is 1. The van der Waals surface area contributed by atoms with Crippen LogP contribution in [0, 0.1) is 10.8 Å². The molecule has 0 spiro atoms. The topological polar surface area (TPSA) is 63.7 Å². The molecular formula is C17H31NO4S2.